The van der Waals surface area contributed by atoms with Gasteiger partial charge in [0.05, 0.1) is 12.8 Å². The third kappa shape index (κ3) is 3.52. The molecule has 1 aromatic rings. The Kier molecular flexibility index (Phi) is 5.10. The molecular formula is C10H19N3O3S. The summed E-state index contributed by atoms with van der Waals surface area (Å²) in [7, 11) is -1.86. The van der Waals surface area contributed by atoms with Gasteiger partial charge in [0.1, 0.15) is 4.90 Å². The molecule has 0 atom stereocenters. The van der Waals surface area contributed by atoms with Crippen molar-refractivity contribution in [1.82, 2.24) is 14.1 Å². The van der Waals surface area contributed by atoms with Gasteiger partial charge >= 0.3 is 0 Å². The van der Waals surface area contributed by atoms with Crippen LogP contribution in [0.5, 0.6) is 0 Å². The lowest BCUT2D eigenvalue weighted by molar-refractivity contribution is 0.252. The fourth-order valence-electron chi connectivity index (χ4n) is 1.48. The average molecular weight is 261 g/mol. The van der Waals surface area contributed by atoms with E-state index in [9.17, 15) is 8.42 Å². The van der Waals surface area contributed by atoms with Gasteiger partial charge in [-0.1, -0.05) is 13.3 Å². The van der Waals surface area contributed by atoms with Gasteiger partial charge in [-0.05, 0) is 6.42 Å². The summed E-state index contributed by atoms with van der Waals surface area (Å²) in [5.74, 6) is 0. The molecule has 0 amide bonds. The zero-order chi connectivity index (χ0) is 12.9. The Balaban J connectivity index is 2.91. The van der Waals surface area contributed by atoms with Crippen molar-refractivity contribution in [2.45, 2.75) is 24.7 Å². The lowest BCUT2D eigenvalue weighted by Gasteiger charge is -2.19. The van der Waals surface area contributed by atoms with E-state index in [0.717, 1.165) is 12.8 Å². The van der Waals surface area contributed by atoms with Crippen LogP contribution < -0.4 is 0 Å². The summed E-state index contributed by atoms with van der Waals surface area (Å²) < 4.78 is 27.2. The molecule has 0 aromatic carbocycles. The molecule has 0 radical (unpaired) electrons. The van der Waals surface area contributed by atoms with Gasteiger partial charge in [-0.3, -0.25) is 4.68 Å². The van der Waals surface area contributed by atoms with E-state index in [1.54, 1.807) is 7.05 Å². The predicted octanol–water partition coefficient (Wildman–Crippen LogP) is 0.203. The molecule has 0 saturated carbocycles. The molecule has 0 aliphatic heterocycles. The Morgan fingerprint density at radius 1 is 1.47 bits per heavy atom. The lowest BCUT2D eigenvalue weighted by Crippen LogP contribution is -2.34. The third-order valence-corrected chi connectivity index (χ3v) is 4.28. The molecule has 0 saturated heterocycles. The van der Waals surface area contributed by atoms with Gasteiger partial charge in [-0.15, -0.1) is 0 Å². The Morgan fingerprint density at radius 3 is 2.65 bits per heavy atom. The van der Waals surface area contributed by atoms with E-state index >= 15 is 0 Å². The zero-order valence-electron chi connectivity index (χ0n) is 10.2. The van der Waals surface area contributed by atoms with Crippen LogP contribution in [0.1, 0.15) is 19.8 Å². The number of aryl methyl sites for hydroxylation is 1. The van der Waals surface area contributed by atoms with Crippen molar-refractivity contribution < 1.29 is 13.5 Å². The van der Waals surface area contributed by atoms with Gasteiger partial charge in [0.25, 0.3) is 0 Å². The predicted molar refractivity (Wildman–Crippen MR) is 64.0 cm³/mol. The van der Waals surface area contributed by atoms with E-state index in [1.165, 1.54) is 21.4 Å². The molecule has 17 heavy (non-hydrogen) atoms. The molecule has 0 bridgehead atoms. The largest absolute Gasteiger partial charge is 0.395 e. The minimum atomic E-state index is -3.52. The summed E-state index contributed by atoms with van der Waals surface area (Å²) >= 11 is 0. The normalized spacial score (nSPS) is 12.2. The number of sulfonamides is 1. The van der Waals surface area contributed by atoms with Gasteiger partial charge in [0, 0.05) is 26.3 Å². The summed E-state index contributed by atoms with van der Waals surface area (Å²) in [6.45, 7) is 2.36. The van der Waals surface area contributed by atoms with E-state index in [-0.39, 0.29) is 18.0 Å². The van der Waals surface area contributed by atoms with Crippen molar-refractivity contribution in [3.05, 3.63) is 12.4 Å². The maximum absolute atomic E-state index is 12.2. The number of hydrogen-bond acceptors (Lipinski definition) is 4. The van der Waals surface area contributed by atoms with Crippen LogP contribution >= 0.6 is 0 Å². The average Bonchev–Trinajstić information content (AvgIpc) is 2.71. The second-order valence-corrected chi connectivity index (χ2v) is 5.77. The van der Waals surface area contributed by atoms with Crippen molar-refractivity contribution in [3.63, 3.8) is 0 Å². The highest BCUT2D eigenvalue weighted by molar-refractivity contribution is 7.89. The zero-order valence-corrected chi connectivity index (χ0v) is 11.0. The number of aromatic nitrogens is 2. The standard InChI is InChI=1S/C10H19N3O3S/c1-3-4-5-13(6-7-14)17(15,16)10-8-11-12(2)9-10/h8-9,14H,3-7H2,1-2H3. The molecule has 0 aliphatic carbocycles. The Hall–Kier alpha value is -0.920. The third-order valence-electron chi connectivity index (χ3n) is 2.43. The van der Waals surface area contributed by atoms with Gasteiger partial charge in [0.15, 0.2) is 0 Å². The number of hydrogen-bond donors (Lipinski definition) is 1. The van der Waals surface area contributed by atoms with Crippen molar-refractivity contribution in [3.8, 4) is 0 Å². The second kappa shape index (κ2) is 6.13. The maximum Gasteiger partial charge on any atom is 0.246 e. The molecule has 7 heteroatoms. The van der Waals surface area contributed by atoms with E-state index in [2.05, 4.69) is 5.10 Å². The van der Waals surface area contributed by atoms with Gasteiger partial charge in [0.2, 0.25) is 10.0 Å². The van der Waals surface area contributed by atoms with E-state index in [0.29, 0.717) is 6.54 Å². The summed E-state index contributed by atoms with van der Waals surface area (Å²) in [5.41, 5.74) is 0. The van der Waals surface area contributed by atoms with Gasteiger partial charge in [-0.2, -0.15) is 9.40 Å². The SMILES string of the molecule is CCCCN(CCO)S(=O)(=O)c1cnn(C)c1. The molecule has 0 fully saturated rings. The summed E-state index contributed by atoms with van der Waals surface area (Å²) in [5, 5.41) is 12.8. The van der Waals surface area contributed by atoms with Crippen LogP contribution in [0.3, 0.4) is 0 Å². The van der Waals surface area contributed by atoms with Gasteiger partial charge < -0.3 is 5.11 Å². The first-order valence-electron chi connectivity index (χ1n) is 5.62. The Morgan fingerprint density at radius 2 is 2.18 bits per heavy atom. The summed E-state index contributed by atoms with van der Waals surface area (Å²) in [6, 6.07) is 0. The molecule has 1 heterocycles. The van der Waals surface area contributed by atoms with E-state index in [4.69, 9.17) is 5.11 Å². The van der Waals surface area contributed by atoms with Crippen molar-refractivity contribution in [2.75, 3.05) is 19.7 Å². The van der Waals surface area contributed by atoms with Crippen LogP contribution in [0, 0.1) is 0 Å². The van der Waals surface area contributed by atoms with Gasteiger partial charge in [-0.25, -0.2) is 8.42 Å². The number of unbranched alkanes of at least 4 members (excludes halogenated alkanes) is 1. The molecule has 1 N–H and O–H groups in total. The van der Waals surface area contributed by atoms with Crippen molar-refractivity contribution in [1.29, 1.82) is 0 Å². The van der Waals surface area contributed by atoms with Crippen LogP contribution in [-0.2, 0) is 17.1 Å². The number of rotatable bonds is 7. The Bertz CT molecular complexity index is 441. The Labute approximate surface area is 102 Å². The van der Waals surface area contributed by atoms with Crippen LogP contribution in [0.25, 0.3) is 0 Å². The molecule has 0 spiro atoms. The first-order chi connectivity index (χ1) is 8.02. The molecular weight excluding hydrogens is 242 g/mol. The summed E-state index contributed by atoms with van der Waals surface area (Å²) in [6.07, 6.45) is 4.47. The van der Waals surface area contributed by atoms with Crippen LogP contribution in [0.2, 0.25) is 0 Å². The molecule has 0 aliphatic rings. The van der Waals surface area contributed by atoms with Crippen LogP contribution in [-0.4, -0.2) is 47.3 Å². The second-order valence-electron chi connectivity index (χ2n) is 3.83. The minimum absolute atomic E-state index is 0.122. The van der Waals surface area contributed by atoms with Crippen LogP contribution in [0.4, 0.5) is 0 Å². The maximum atomic E-state index is 12.2. The van der Waals surface area contributed by atoms with Crippen molar-refractivity contribution in [2.24, 2.45) is 7.05 Å². The van der Waals surface area contributed by atoms with E-state index < -0.39 is 10.0 Å². The number of aliphatic hydroxyl groups excluding tert-OH is 1. The molecule has 6 nitrogen and oxygen atoms in total. The first-order valence-corrected chi connectivity index (χ1v) is 7.06. The topological polar surface area (TPSA) is 75.4 Å². The van der Waals surface area contributed by atoms with Crippen molar-refractivity contribution >= 4 is 10.0 Å². The fourth-order valence-corrected chi connectivity index (χ4v) is 2.93. The van der Waals surface area contributed by atoms with E-state index in [1.807, 2.05) is 6.92 Å². The summed E-state index contributed by atoms with van der Waals surface area (Å²) in [4.78, 5) is 0.171. The molecule has 1 rings (SSSR count). The highest BCUT2D eigenvalue weighted by Gasteiger charge is 2.24. The monoisotopic (exact) mass is 261 g/mol. The smallest absolute Gasteiger partial charge is 0.246 e. The molecule has 1 aromatic heterocycles. The highest BCUT2D eigenvalue weighted by atomic mass is 32.2. The first kappa shape index (κ1) is 14.1. The lowest BCUT2D eigenvalue weighted by atomic mass is 10.3. The number of nitrogens with zero attached hydrogens (tertiary/aromatic N) is 3. The quantitative estimate of drug-likeness (QED) is 0.761. The highest BCUT2D eigenvalue weighted by Crippen LogP contribution is 2.14. The molecule has 98 valence electrons. The molecule has 0 unspecified atom stereocenters. The van der Waals surface area contributed by atoms with Crippen LogP contribution in [0.15, 0.2) is 17.3 Å². The fraction of sp³-hybridized carbons (Fsp3) is 0.700. The number of aliphatic hydroxyl groups is 1. The minimum Gasteiger partial charge on any atom is -0.395 e.